The second-order valence-corrected chi connectivity index (χ2v) is 6.39. The fraction of sp³-hybridized carbons (Fsp3) is 0.632. The van der Waals surface area contributed by atoms with E-state index in [0.717, 1.165) is 57.1 Å². The summed E-state index contributed by atoms with van der Waals surface area (Å²) in [6.45, 7) is 8.73. The topological polar surface area (TPSA) is 43.2 Å². The number of carbonyl (C=O) groups excluding carboxylic acids is 1. The van der Waals surface area contributed by atoms with Crippen LogP contribution in [0.3, 0.4) is 0 Å². The van der Waals surface area contributed by atoms with Crippen molar-refractivity contribution in [1.29, 1.82) is 0 Å². The fourth-order valence-corrected chi connectivity index (χ4v) is 3.51. The molecule has 0 aliphatic carbocycles. The Morgan fingerprint density at radius 1 is 1.17 bits per heavy atom. The molecule has 1 heterocycles. The van der Waals surface area contributed by atoms with Gasteiger partial charge in [0, 0.05) is 43.5 Å². The molecule has 1 saturated heterocycles. The van der Waals surface area contributed by atoms with Crippen molar-refractivity contribution in [3.63, 3.8) is 0 Å². The second-order valence-electron chi connectivity index (χ2n) is 6.39. The Labute approximate surface area is 145 Å². The molecule has 0 spiro atoms. The first-order valence-corrected chi connectivity index (χ1v) is 8.96. The molecule has 0 aromatic heterocycles. The van der Waals surface area contributed by atoms with Crippen LogP contribution in [0.1, 0.15) is 32.3 Å². The van der Waals surface area contributed by atoms with Crippen LogP contribution in [0.4, 0.5) is 0 Å². The van der Waals surface area contributed by atoms with Crippen LogP contribution in [0.2, 0.25) is 0 Å². The molecule has 1 aliphatic heterocycles. The molecule has 1 aromatic rings. The molecule has 1 amide bonds. The smallest absolute Gasteiger partial charge is 0.226 e. The van der Waals surface area contributed by atoms with Gasteiger partial charge < -0.3 is 19.3 Å². The summed E-state index contributed by atoms with van der Waals surface area (Å²) in [7, 11) is 3.36. The highest BCUT2D eigenvalue weighted by atomic mass is 16.5. The monoisotopic (exact) mass is 335 g/mol. The number of nitrogens with one attached hydrogen (secondary N) is 1. The summed E-state index contributed by atoms with van der Waals surface area (Å²) in [5, 5.41) is 0. The lowest BCUT2D eigenvalue weighted by Gasteiger charge is -2.31. The number of benzene rings is 1. The Morgan fingerprint density at radius 3 is 2.38 bits per heavy atom. The highest BCUT2D eigenvalue weighted by Gasteiger charge is 2.30. The molecular weight excluding hydrogens is 304 g/mol. The third kappa shape index (κ3) is 4.41. The van der Waals surface area contributed by atoms with Crippen LogP contribution in [0.15, 0.2) is 18.2 Å². The van der Waals surface area contributed by atoms with Gasteiger partial charge in [0.05, 0.1) is 27.3 Å². The summed E-state index contributed by atoms with van der Waals surface area (Å²) >= 11 is 0. The van der Waals surface area contributed by atoms with Crippen molar-refractivity contribution in [2.24, 2.45) is 5.92 Å². The minimum Gasteiger partial charge on any atom is -0.497 e. The van der Waals surface area contributed by atoms with Crippen molar-refractivity contribution >= 4 is 5.91 Å². The van der Waals surface area contributed by atoms with Crippen LogP contribution in [-0.2, 0) is 11.3 Å². The molecule has 1 N–H and O–H groups in total. The van der Waals surface area contributed by atoms with Gasteiger partial charge in [-0.2, -0.15) is 0 Å². The Hall–Kier alpha value is -1.75. The predicted octanol–water partition coefficient (Wildman–Crippen LogP) is 1.37. The number of methoxy groups -OCH3 is 2. The van der Waals surface area contributed by atoms with Gasteiger partial charge in [-0.1, -0.05) is 0 Å². The lowest BCUT2D eigenvalue weighted by molar-refractivity contribution is -0.919. The number of hydrogen-bond donors (Lipinski definition) is 1. The molecule has 134 valence electrons. The molecular formula is C19H31N2O3+. The molecule has 1 fully saturated rings. The Balaban J connectivity index is 1.92. The molecule has 5 heteroatoms. The zero-order chi connectivity index (χ0) is 17.5. The van der Waals surface area contributed by atoms with E-state index in [1.54, 1.807) is 14.2 Å². The van der Waals surface area contributed by atoms with E-state index in [4.69, 9.17) is 9.47 Å². The highest BCUT2D eigenvalue weighted by Crippen LogP contribution is 2.24. The summed E-state index contributed by atoms with van der Waals surface area (Å²) in [6, 6.07) is 6.00. The number of quaternary nitrogens is 1. The van der Waals surface area contributed by atoms with Crippen LogP contribution in [0.5, 0.6) is 11.5 Å². The van der Waals surface area contributed by atoms with Crippen LogP contribution < -0.4 is 14.4 Å². The third-order valence-electron chi connectivity index (χ3n) is 5.05. The lowest BCUT2D eigenvalue weighted by atomic mass is 9.95. The van der Waals surface area contributed by atoms with Crippen molar-refractivity contribution in [3.05, 3.63) is 23.8 Å². The van der Waals surface area contributed by atoms with Crippen molar-refractivity contribution in [2.45, 2.75) is 33.2 Å². The van der Waals surface area contributed by atoms with Gasteiger partial charge in [0.25, 0.3) is 0 Å². The Kier molecular flexibility index (Phi) is 6.91. The zero-order valence-corrected chi connectivity index (χ0v) is 15.4. The van der Waals surface area contributed by atoms with E-state index in [2.05, 4.69) is 19.9 Å². The normalized spacial score (nSPS) is 20.5. The molecule has 0 atom stereocenters. The molecule has 2 rings (SSSR count). The van der Waals surface area contributed by atoms with E-state index in [1.165, 1.54) is 10.5 Å². The molecule has 1 aliphatic rings. The predicted molar refractivity (Wildman–Crippen MR) is 94.6 cm³/mol. The fourth-order valence-electron chi connectivity index (χ4n) is 3.51. The largest absolute Gasteiger partial charge is 0.497 e. The van der Waals surface area contributed by atoms with Gasteiger partial charge in [0.15, 0.2) is 0 Å². The third-order valence-corrected chi connectivity index (χ3v) is 5.05. The first kappa shape index (κ1) is 18.6. The SMILES string of the molecule is CCN(CC)C(=O)C1CC[NH+](Cc2ccc(OC)cc2OC)CC1. The van der Waals surface area contributed by atoms with Gasteiger partial charge in [-0.3, -0.25) is 4.79 Å². The highest BCUT2D eigenvalue weighted by molar-refractivity contribution is 5.78. The second kappa shape index (κ2) is 8.92. The standard InChI is InChI=1S/C19H30N2O3/c1-5-21(6-2)19(22)15-9-11-20(12-10-15)14-16-7-8-17(23-3)13-18(16)24-4/h7-8,13,15H,5-6,9-12,14H2,1-4H3/p+1. The van der Waals surface area contributed by atoms with Crippen molar-refractivity contribution < 1.29 is 19.2 Å². The van der Waals surface area contributed by atoms with Gasteiger partial charge in [0.1, 0.15) is 18.0 Å². The first-order valence-electron chi connectivity index (χ1n) is 8.96. The van der Waals surface area contributed by atoms with E-state index >= 15 is 0 Å². The number of rotatable bonds is 7. The average Bonchev–Trinajstić information content (AvgIpc) is 2.63. The van der Waals surface area contributed by atoms with Crippen molar-refractivity contribution in [2.75, 3.05) is 40.4 Å². The molecule has 1 aromatic carbocycles. The van der Waals surface area contributed by atoms with Crippen LogP contribution in [0.25, 0.3) is 0 Å². The minimum atomic E-state index is 0.200. The molecule has 5 nitrogen and oxygen atoms in total. The van der Waals surface area contributed by atoms with E-state index in [9.17, 15) is 4.79 Å². The maximum Gasteiger partial charge on any atom is 0.226 e. The number of likely N-dealkylation sites (tertiary alicyclic amines) is 1. The number of nitrogens with zero attached hydrogens (tertiary/aromatic N) is 1. The number of carbonyl (C=O) groups is 1. The number of piperidine rings is 1. The molecule has 0 saturated carbocycles. The molecule has 24 heavy (non-hydrogen) atoms. The Bertz CT molecular complexity index is 535. The number of hydrogen-bond acceptors (Lipinski definition) is 3. The number of ether oxygens (including phenoxy) is 2. The quantitative estimate of drug-likeness (QED) is 0.818. The zero-order valence-electron chi connectivity index (χ0n) is 15.4. The van der Waals surface area contributed by atoms with Gasteiger partial charge in [-0.05, 0) is 26.0 Å². The summed E-state index contributed by atoms with van der Waals surface area (Å²) < 4.78 is 10.8. The summed E-state index contributed by atoms with van der Waals surface area (Å²) in [5.74, 6) is 2.23. The molecule has 0 unspecified atom stereocenters. The summed E-state index contributed by atoms with van der Waals surface area (Å²) in [4.78, 5) is 16.0. The summed E-state index contributed by atoms with van der Waals surface area (Å²) in [6.07, 6.45) is 1.95. The van der Waals surface area contributed by atoms with Crippen LogP contribution >= 0.6 is 0 Å². The Morgan fingerprint density at radius 2 is 1.83 bits per heavy atom. The molecule has 0 radical (unpaired) electrons. The average molecular weight is 335 g/mol. The van der Waals surface area contributed by atoms with Gasteiger partial charge in [0.2, 0.25) is 5.91 Å². The van der Waals surface area contributed by atoms with E-state index in [-0.39, 0.29) is 5.92 Å². The van der Waals surface area contributed by atoms with E-state index in [0.29, 0.717) is 5.91 Å². The van der Waals surface area contributed by atoms with Gasteiger partial charge in [-0.15, -0.1) is 0 Å². The van der Waals surface area contributed by atoms with Crippen LogP contribution in [0, 0.1) is 5.92 Å². The van der Waals surface area contributed by atoms with E-state index in [1.807, 2.05) is 17.0 Å². The maximum atomic E-state index is 12.5. The van der Waals surface area contributed by atoms with Crippen molar-refractivity contribution in [3.8, 4) is 11.5 Å². The summed E-state index contributed by atoms with van der Waals surface area (Å²) in [5.41, 5.74) is 1.20. The maximum absolute atomic E-state index is 12.5. The van der Waals surface area contributed by atoms with Crippen molar-refractivity contribution in [1.82, 2.24) is 4.90 Å². The van der Waals surface area contributed by atoms with Gasteiger partial charge in [-0.25, -0.2) is 0 Å². The number of amides is 1. The lowest BCUT2D eigenvalue weighted by Crippen LogP contribution is -3.11. The minimum absolute atomic E-state index is 0.200. The first-order chi connectivity index (χ1) is 11.6. The van der Waals surface area contributed by atoms with Gasteiger partial charge >= 0.3 is 0 Å². The van der Waals surface area contributed by atoms with Crippen LogP contribution in [-0.4, -0.2) is 51.2 Å². The molecule has 0 bridgehead atoms. The van der Waals surface area contributed by atoms with E-state index < -0.39 is 0 Å².